The van der Waals surface area contributed by atoms with E-state index in [1.165, 1.54) is 5.56 Å². The summed E-state index contributed by atoms with van der Waals surface area (Å²) in [6.45, 7) is 9.82. The molecule has 0 heterocycles. The molecule has 0 unspecified atom stereocenters. The van der Waals surface area contributed by atoms with Crippen molar-refractivity contribution in [1.29, 1.82) is 0 Å². The Balaban J connectivity index is 0.00000312. The van der Waals surface area contributed by atoms with Gasteiger partial charge >= 0.3 is 18.9 Å². The third-order valence-electron chi connectivity index (χ3n) is 3.66. The molecule has 0 spiro atoms. The maximum absolute atomic E-state index is 12.6. The first-order chi connectivity index (χ1) is 11.5. The Bertz CT molecular complexity index is 676. The van der Waals surface area contributed by atoms with E-state index in [4.69, 9.17) is 9.47 Å². The molecule has 5 heteroatoms. The Morgan fingerprint density at radius 3 is 2.16 bits per heavy atom. The first-order valence-electron chi connectivity index (χ1n) is 8.15. The van der Waals surface area contributed by atoms with Gasteiger partial charge in [0, 0.05) is 12.1 Å². The van der Waals surface area contributed by atoms with Crippen molar-refractivity contribution in [3.63, 3.8) is 0 Å². The Hall–Kier alpha value is -1.10. The zero-order valence-electron chi connectivity index (χ0n) is 15.8. The molecule has 2 aromatic carbocycles. The van der Waals surface area contributed by atoms with Gasteiger partial charge in [-0.25, -0.2) is 0 Å². The molecule has 0 radical (unpaired) electrons. The van der Waals surface area contributed by atoms with Crippen LogP contribution in [0.3, 0.4) is 0 Å². The predicted molar refractivity (Wildman–Crippen MR) is 100.0 cm³/mol. The van der Waals surface area contributed by atoms with Gasteiger partial charge in [0.1, 0.15) is 12.4 Å². The van der Waals surface area contributed by atoms with Crippen LogP contribution in [0.1, 0.15) is 34.0 Å². The van der Waals surface area contributed by atoms with Crippen LogP contribution in [-0.4, -0.2) is 25.3 Å². The number of hydrogen-bond acceptors (Lipinski definition) is 3. The van der Waals surface area contributed by atoms with Crippen LogP contribution in [0.5, 0.6) is 5.75 Å². The molecular weight excluding hydrogens is 326 g/mol. The minimum atomic E-state index is 0. The summed E-state index contributed by atoms with van der Waals surface area (Å²) >= 11 is 0. The van der Waals surface area contributed by atoms with Crippen LogP contribution >= 0.6 is 8.58 Å². The number of aryl methyl sites for hydroxylation is 3. The van der Waals surface area contributed by atoms with Crippen molar-refractivity contribution in [2.45, 2.75) is 27.7 Å². The van der Waals surface area contributed by atoms with Crippen molar-refractivity contribution in [2.24, 2.45) is 0 Å². The molecule has 128 valence electrons. The van der Waals surface area contributed by atoms with E-state index in [9.17, 15) is 4.79 Å². The maximum Gasteiger partial charge on any atom is 1.00 e. The van der Waals surface area contributed by atoms with Gasteiger partial charge in [0.2, 0.25) is 0 Å². The summed E-state index contributed by atoms with van der Waals surface area (Å²) in [5.41, 5.74) is 4.24. The normalized spacial score (nSPS) is 10.7. The zero-order valence-corrected chi connectivity index (χ0v) is 16.7. The molecular formula is C20H24LiO3P. The molecule has 3 nitrogen and oxygen atoms in total. The van der Waals surface area contributed by atoms with E-state index in [0.717, 1.165) is 27.7 Å². The van der Waals surface area contributed by atoms with Crippen molar-refractivity contribution in [2.75, 3.05) is 19.8 Å². The van der Waals surface area contributed by atoms with Gasteiger partial charge in [0.05, 0.1) is 6.61 Å². The number of rotatable bonds is 8. The number of hydrogen-bond donors (Lipinski definition) is 0. The molecule has 0 saturated heterocycles. The SMILES string of the molecule is CCOCCOc1ccc([P-]C(=O)c2c(C)cc(C)cc2C)cc1.[Li+]. The average Bonchev–Trinajstić information content (AvgIpc) is 2.52. The third-order valence-corrected chi connectivity index (χ3v) is 4.64. The van der Waals surface area contributed by atoms with Crippen LogP contribution in [0.2, 0.25) is 0 Å². The number of ether oxygens (including phenoxy) is 2. The fourth-order valence-corrected chi connectivity index (χ4v) is 3.67. The van der Waals surface area contributed by atoms with Crippen molar-refractivity contribution in [3.05, 3.63) is 58.7 Å². The standard InChI is InChI=1S/C20H24O3P.Li/c1-5-22-10-11-23-17-6-8-18(9-7-17)24-20(21)19-15(3)12-14(2)13-16(19)4;/h6-9,12-13H,5,10-11H2,1-4H3;/q-1;+1. The molecule has 0 aromatic heterocycles. The summed E-state index contributed by atoms with van der Waals surface area (Å²) in [6.07, 6.45) is 0. The van der Waals surface area contributed by atoms with Crippen LogP contribution < -0.4 is 28.9 Å². The van der Waals surface area contributed by atoms with Gasteiger partial charge in [-0.15, -0.1) is 0 Å². The molecule has 0 fully saturated rings. The average molecular weight is 350 g/mol. The van der Waals surface area contributed by atoms with Gasteiger partial charge in [-0.1, -0.05) is 29.8 Å². The Labute approximate surface area is 164 Å². The van der Waals surface area contributed by atoms with Crippen LogP contribution in [0.25, 0.3) is 0 Å². The fraction of sp³-hybridized carbons (Fsp3) is 0.350. The Morgan fingerprint density at radius 2 is 1.60 bits per heavy atom. The summed E-state index contributed by atoms with van der Waals surface area (Å²) in [4.78, 5) is 12.6. The zero-order chi connectivity index (χ0) is 17.5. The quantitative estimate of drug-likeness (QED) is 0.411. The predicted octanol–water partition coefficient (Wildman–Crippen LogP) is 1.44. The number of carbonyl (C=O) groups excluding carboxylic acids is 1. The van der Waals surface area contributed by atoms with Gasteiger partial charge < -0.3 is 22.8 Å². The third kappa shape index (κ3) is 6.61. The van der Waals surface area contributed by atoms with Crippen molar-refractivity contribution >= 4 is 19.4 Å². The minimum Gasteiger partial charge on any atom is -0.491 e. The molecule has 0 aliphatic carbocycles. The minimum absolute atomic E-state index is 0. The largest absolute Gasteiger partial charge is 1.00 e. The van der Waals surface area contributed by atoms with Gasteiger partial charge in [0.25, 0.3) is 0 Å². The Kier molecular flexibility index (Phi) is 9.47. The van der Waals surface area contributed by atoms with E-state index >= 15 is 0 Å². The first-order valence-corrected chi connectivity index (χ1v) is 9.05. The summed E-state index contributed by atoms with van der Waals surface area (Å²) in [6, 6.07) is 11.8. The molecule has 0 aliphatic rings. The van der Waals surface area contributed by atoms with E-state index in [2.05, 4.69) is 19.1 Å². The van der Waals surface area contributed by atoms with Gasteiger partial charge in [0.15, 0.2) is 0 Å². The van der Waals surface area contributed by atoms with Crippen molar-refractivity contribution in [1.82, 2.24) is 0 Å². The second-order valence-electron chi connectivity index (χ2n) is 5.73. The van der Waals surface area contributed by atoms with Crippen molar-refractivity contribution < 1.29 is 33.1 Å². The monoisotopic (exact) mass is 350 g/mol. The van der Waals surface area contributed by atoms with Crippen LogP contribution in [0.4, 0.5) is 0 Å². The van der Waals surface area contributed by atoms with Crippen LogP contribution in [0, 0.1) is 20.8 Å². The second kappa shape index (κ2) is 10.8. The number of benzene rings is 2. The van der Waals surface area contributed by atoms with E-state index in [1.807, 2.05) is 45.0 Å². The Morgan fingerprint density at radius 1 is 1.00 bits per heavy atom. The smallest absolute Gasteiger partial charge is 0.491 e. The molecule has 0 N–H and O–H groups in total. The maximum atomic E-state index is 12.6. The van der Waals surface area contributed by atoms with Gasteiger partial charge in [-0.05, 0) is 56.5 Å². The summed E-state index contributed by atoms with van der Waals surface area (Å²) in [5.74, 6) is 0.795. The fourth-order valence-electron chi connectivity index (χ4n) is 2.67. The van der Waals surface area contributed by atoms with Crippen molar-refractivity contribution in [3.8, 4) is 5.75 Å². The molecule has 0 saturated carbocycles. The van der Waals surface area contributed by atoms with Gasteiger partial charge in [-0.3, -0.25) is 0 Å². The summed E-state index contributed by atoms with van der Waals surface area (Å²) in [5, 5.41) is 0.969. The molecule has 0 bridgehead atoms. The van der Waals surface area contributed by atoms with E-state index in [-0.39, 0.29) is 24.4 Å². The molecule has 2 rings (SSSR count). The number of carbonyl (C=O) groups is 1. The van der Waals surface area contributed by atoms with E-state index in [1.54, 1.807) is 0 Å². The molecule has 0 atom stereocenters. The first kappa shape index (κ1) is 21.9. The topological polar surface area (TPSA) is 35.5 Å². The van der Waals surface area contributed by atoms with E-state index in [0.29, 0.717) is 28.4 Å². The molecule has 0 amide bonds. The summed E-state index contributed by atoms with van der Waals surface area (Å²) < 4.78 is 10.8. The molecule has 2 aromatic rings. The van der Waals surface area contributed by atoms with Crippen LogP contribution in [-0.2, 0) is 4.74 Å². The second-order valence-corrected chi connectivity index (χ2v) is 6.88. The summed E-state index contributed by atoms with van der Waals surface area (Å²) in [7, 11) is 0.689. The molecule has 0 aliphatic heterocycles. The van der Waals surface area contributed by atoms with Crippen LogP contribution in [0.15, 0.2) is 36.4 Å². The molecule has 25 heavy (non-hydrogen) atoms. The van der Waals surface area contributed by atoms with E-state index < -0.39 is 0 Å². The van der Waals surface area contributed by atoms with Gasteiger partial charge in [-0.2, -0.15) is 5.30 Å².